The predicted molar refractivity (Wildman–Crippen MR) is 121 cm³/mol. The summed E-state index contributed by atoms with van der Waals surface area (Å²) in [5.74, 6) is -1.55. The number of hydrogen-bond donors (Lipinski definition) is 2. The average Bonchev–Trinajstić information content (AvgIpc) is 3.12. The van der Waals surface area contributed by atoms with E-state index in [9.17, 15) is 24.8 Å². The lowest BCUT2D eigenvalue weighted by atomic mass is 9.98. The molecule has 4 rings (SSSR count). The molecule has 1 unspecified atom stereocenters. The fourth-order valence-electron chi connectivity index (χ4n) is 4.11. The number of carboxylic acids is 1. The summed E-state index contributed by atoms with van der Waals surface area (Å²) in [5, 5.41) is 23.2. The van der Waals surface area contributed by atoms with Crippen molar-refractivity contribution < 1.29 is 24.4 Å². The number of carbonyl (C=O) groups is 2. The van der Waals surface area contributed by atoms with E-state index < -0.39 is 23.0 Å². The van der Waals surface area contributed by atoms with Crippen LogP contribution in [0, 0.1) is 10.1 Å². The highest BCUT2D eigenvalue weighted by Gasteiger charge is 2.30. The van der Waals surface area contributed by atoms with Gasteiger partial charge in [-0.2, -0.15) is 0 Å². The van der Waals surface area contributed by atoms with E-state index in [0.717, 1.165) is 22.3 Å². The van der Waals surface area contributed by atoms with Crippen LogP contribution in [0.25, 0.3) is 11.1 Å². The van der Waals surface area contributed by atoms with E-state index in [1.54, 1.807) is 0 Å². The number of alkyl carbamates (subject to hydrolysis) is 1. The number of hydrogen-bond acceptors (Lipinski definition) is 5. The van der Waals surface area contributed by atoms with Crippen LogP contribution in [0.5, 0.6) is 0 Å². The van der Waals surface area contributed by atoms with E-state index in [0.29, 0.717) is 0 Å². The van der Waals surface area contributed by atoms with E-state index in [2.05, 4.69) is 5.32 Å². The zero-order chi connectivity index (χ0) is 23.5. The van der Waals surface area contributed by atoms with Crippen LogP contribution < -0.4 is 5.32 Å². The van der Waals surface area contributed by atoms with Crippen molar-refractivity contribution in [2.75, 3.05) is 6.61 Å². The third-order valence-corrected chi connectivity index (χ3v) is 5.99. The maximum Gasteiger partial charge on any atom is 0.407 e. The van der Waals surface area contributed by atoms with Crippen molar-refractivity contribution in [3.05, 3.63) is 98.6 Å². The fraction of sp³-hybridized carbons (Fsp3) is 0.167. The number of fused-ring (bicyclic) bond motifs is 3. The van der Waals surface area contributed by atoms with Gasteiger partial charge < -0.3 is 15.2 Å². The third-order valence-electron chi connectivity index (χ3n) is 5.63. The highest BCUT2D eigenvalue weighted by atomic mass is 35.5. The molecule has 8 nitrogen and oxygen atoms in total. The summed E-state index contributed by atoms with van der Waals surface area (Å²) in [6, 6.07) is 18.3. The normalized spacial score (nSPS) is 13.0. The zero-order valence-electron chi connectivity index (χ0n) is 17.2. The standard InChI is InChI=1S/C24H19ClN2O6/c25-20-10-5-11-22(27(31)32)18(20)12-21(23(28)29)26-24(30)33-13-19-16-8-3-1-6-14(16)15-7-2-4-9-17(15)19/h1-11,19,21H,12-13H2,(H,26,30)(H,28,29). The van der Waals surface area contributed by atoms with Crippen molar-refractivity contribution in [3.63, 3.8) is 0 Å². The topological polar surface area (TPSA) is 119 Å². The number of nitrogens with one attached hydrogen (secondary N) is 1. The molecule has 3 aromatic rings. The maximum absolute atomic E-state index is 12.5. The van der Waals surface area contributed by atoms with E-state index in [1.165, 1.54) is 18.2 Å². The first-order valence-corrected chi connectivity index (χ1v) is 10.5. The third kappa shape index (κ3) is 4.51. The van der Waals surface area contributed by atoms with Gasteiger partial charge in [-0.15, -0.1) is 0 Å². The molecule has 0 aliphatic heterocycles. The monoisotopic (exact) mass is 466 g/mol. The molecule has 2 N–H and O–H groups in total. The number of nitro groups is 1. The molecule has 1 aliphatic carbocycles. The van der Waals surface area contributed by atoms with Gasteiger partial charge in [0.2, 0.25) is 0 Å². The number of nitro benzene ring substituents is 1. The summed E-state index contributed by atoms with van der Waals surface area (Å²) in [4.78, 5) is 34.8. The molecule has 33 heavy (non-hydrogen) atoms. The molecule has 3 aromatic carbocycles. The van der Waals surface area contributed by atoms with Gasteiger partial charge in [-0.05, 0) is 28.3 Å². The summed E-state index contributed by atoms with van der Waals surface area (Å²) >= 11 is 6.06. The number of benzene rings is 3. The van der Waals surface area contributed by atoms with Gasteiger partial charge in [0, 0.05) is 18.4 Å². The quantitative estimate of drug-likeness (QED) is 0.382. The van der Waals surface area contributed by atoms with E-state index in [1.807, 2.05) is 48.5 Å². The Kier molecular flexibility index (Phi) is 6.28. The average molecular weight is 467 g/mol. The van der Waals surface area contributed by atoms with Crippen molar-refractivity contribution in [2.45, 2.75) is 18.4 Å². The summed E-state index contributed by atoms with van der Waals surface area (Å²) in [7, 11) is 0. The number of halogens is 1. The Morgan fingerprint density at radius 3 is 2.21 bits per heavy atom. The molecule has 1 atom stereocenters. The lowest BCUT2D eigenvalue weighted by Crippen LogP contribution is -2.43. The smallest absolute Gasteiger partial charge is 0.407 e. The Hall–Kier alpha value is -3.91. The first-order chi connectivity index (χ1) is 15.9. The van der Waals surface area contributed by atoms with Crippen molar-refractivity contribution in [1.82, 2.24) is 5.32 Å². The van der Waals surface area contributed by atoms with Gasteiger partial charge in [0.05, 0.1) is 15.5 Å². The predicted octanol–water partition coefficient (Wildman–Crippen LogP) is 4.78. The highest BCUT2D eigenvalue weighted by Crippen LogP contribution is 2.44. The molecule has 0 aromatic heterocycles. The maximum atomic E-state index is 12.5. The highest BCUT2D eigenvalue weighted by molar-refractivity contribution is 6.31. The van der Waals surface area contributed by atoms with Crippen LogP contribution in [0.1, 0.15) is 22.6 Å². The Morgan fingerprint density at radius 2 is 1.64 bits per heavy atom. The second kappa shape index (κ2) is 9.30. The molecule has 0 saturated heterocycles. The number of carbonyl (C=O) groups excluding carboxylic acids is 1. The molecule has 0 fully saturated rings. The fourth-order valence-corrected chi connectivity index (χ4v) is 4.35. The molecule has 1 aliphatic rings. The molecule has 1 amide bonds. The van der Waals surface area contributed by atoms with Crippen LogP contribution in [-0.2, 0) is 16.0 Å². The number of amides is 1. The Labute approximate surface area is 193 Å². The van der Waals surface area contributed by atoms with Crippen LogP contribution in [0.2, 0.25) is 5.02 Å². The summed E-state index contributed by atoms with van der Waals surface area (Å²) in [6.07, 6.45) is -1.30. The second-order valence-corrected chi connectivity index (χ2v) is 7.97. The lowest BCUT2D eigenvalue weighted by molar-refractivity contribution is -0.385. The Bertz CT molecular complexity index is 1200. The molecule has 0 bridgehead atoms. The molecular weight excluding hydrogens is 448 g/mol. The van der Waals surface area contributed by atoms with Gasteiger partial charge in [-0.25, -0.2) is 9.59 Å². The molecule has 9 heteroatoms. The van der Waals surface area contributed by atoms with Gasteiger partial charge in [0.25, 0.3) is 5.69 Å². The molecule has 0 radical (unpaired) electrons. The summed E-state index contributed by atoms with van der Waals surface area (Å²) in [6.45, 7) is 0.0123. The minimum absolute atomic E-state index is 0.0123. The Balaban J connectivity index is 1.47. The van der Waals surface area contributed by atoms with Crippen molar-refractivity contribution in [2.24, 2.45) is 0 Å². The van der Waals surface area contributed by atoms with Gasteiger partial charge in [-0.1, -0.05) is 66.2 Å². The molecule has 0 heterocycles. The number of rotatable bonds is 7. The van der Waals surface area contributed by atoms with E-state index in [4.69, 9.17) is 16.3 Å². The molecule has 0 saturated carbocycles. The van der Waals surface area contributed by atoms with Crippen LogP contribution in [0.3, 0.4) is 0 Å². The Morgan fingerprint density at radius 1 is 1.03 bits per heavy atom. The lowest BCUT2D eigenvalue weighted by Gasteiger charge is -2.18. The first-order valence-electron chi connectivity index (χ1n) is 10.1. The van der Waals surface area contributed by atoms with Gasteiger partial charge in [0.15, 0.2) is 0 Å². The van der Waals surface area contributed by atoms with Gasteiger partial charge in [-0.3, -0.25) is 10.1 Å². The largest absolute Gasteiger partial charge is 0.480 e. The molecule has 168 valence electrons. The van der Waals surface area contributed by atoms with Crippen LogP contribution in [0.4, 0.5) is 10.5 Å². The van der Waals surface area contributed by atoms with Crippen LogP contribution in [0.15, 0.2) is 66.7 Å². The first kappa shape index (κ1) is 22.3. The van der Waals surface area contributed by atoms with Crippen molar-refractivity contribution >= 4 is 29.4 Å². The van der Waals surface area contributed by atoms with Crippen LogP contribution >= 0.6 is 11.6 Å². The summed E-state index contributed by atoms with van der Waals surface area (Å²) < 4.78 is 5.39. The van der Waals surface area contributed by atoms with Gasteiger partial charge in [0.1, 0.15) is 12.6 Å². The molecular formula is C24H19ClN2O6. The molecule has 0 spiro atoms. The van der Waals surface area contributed by atoms with E-state index >= 15 is 0 Å². The summed E-state index contributed by atoms with van der Waals surface area (Å²) in [5.41, 5.74) is 3.88. The minimum Gasteiger partial charge on any atom is -0.480 e. The second-order valence-electron chi connectivity index (χ2n) is 7.56. The van der Waals surface area contributed by atoms with Crippen LogP contribution in [-0.4, -0.2) is 34.7 Å². The van der Waals surface area contributed by atoms with Crippen molar-refractivity contribution in [3.8, 4) is 11.1 Å². The number of carboxylic acid groups (broad SMARTS) is 1. The zero-order valence-corrected chi connectivity index (χ0v) is 18.0. The number of ether oxygens (including phenoxy) is 1. The number of nitrogens with zero attached hydrogens (tertiary/aromatic N) is 1. The SMILES string of the molecule is O=C(NC(Cc1c(Cl)cccc1[N+](=O)[O-])C(=O)O)OCC1c2ccccc2-c2ccccc21. The van der Waals surface area contributed by atoms with Gasteiger partial charge >= 0.3 is 12.1 Å². The van der Waals surface area contributed by atoms with Crippen molar-refractivity contribution in [1.29, 1.82) is 0 Å². The number of aliphatic carboxylic acids is 1. The van der Waals surface area contributed by atoms with E-state index in [-0.39, 0.29) is 35.2 Å². The minimum atomic E-state index is -1.46.